The lowest BCUT2D eigenvalue weighted by Gasteiger charge is -2.12. The molecular formula is C21H18ClNO5. The lowest BCUT2D eigenvalue weighted by molar-refractivity contribution is -0.132. The van der Waals surface area contributed by atoms with Crippen LogP contribution in [-0.2, 0) is 14.3 Å². The number of aryl methyl sites for hydroxylation is 1. The van der Waals surface area contributed by atoms with Crippen LogP contribution in [0.15, 0.2) is 47.1 Å². The quantitative estimate of drug-likeness (QED) is 0.425. The molecular weight excluding hydrogens is 382 g/mol. The van der Waals surface area contributed by atoms with Crippen molar-refractivity contribution < 1.29 is 23.8 Å². The molecule has 0 saturated heterocycles. The minimum atomic E-state index is -0.561. The number of hydrogen-bond donors (Lipinski definition) is 0. The SMILES string of the molecule is CCOc1cc(/C=C2\N=C(c3cccc(C)c3)OC2=O)cc(Cl)c1OC(C)=O. The first-order valence-corrected chi connectivity index (χ1v) is 8.99. The summed E-state index contributed by atoms with van der Waals surface area (Å²) in [5.74, 6) is -0.398. The Morgan fingerprint density at radius 1 is 1.29 bits per heavy atom. The molecule has 1 aliphatic rings. The smallest absolute Gasteiger partial charge is 0.363 e. The maximum atomic E-state index is 12.2. The summed E-state index contributed by atoms with van der Waals surface area (Å²) >= 11 is 6.24. The van der Waals surface area contributed by atoms with Crippen LogP contribution in [0.1, 0.15) is 30.5 Å². The number of carbonyl (C=O) groups is 2. The molecule has 0 saturated carbocycles. The van der Waals surface area contributed by atoms with E-state index in [1.165, 1.54) is 13.0 Å². The van der Waals surface area contributed by atoms with Gasteiger partial charge in [-0.15, -0.1) is 0 Å². The molecule has 0 aromatic heterocycles. The van der Waals surface area contributed by atoms with Gasteiger partial charge in [0.15, 0.2) is 17.2 Å². The molecule has 0 bridgehead atoms. The molecule has 1 heterocycles. The van der Waals surface area contributed by atoms with E-state index in [0.717, 1.165) is 11.1 Å². The fraction of sp³-hybridized carbons (Fsp3) is 0.190. The van der Waals surface area contributed by atoms with Gasteiger partial charge < -0.3 is 14.2 Å². The molecule has 0 unspecified atom stereocenters. The van der Waals surface area contributed by atoms with Crippen LogP contribution in [-0.4, -0.2) is 24.4 Å². The number of ether oxygens (including phenoxy) is 3. The minimum absolute atomic E-state index is 0.134. The summed E-state index contributed by atoms with van der Waals surface area (Å²) in [5.41, 5.74) is 2.44. The molecule has 7 heteroatoms. The van der Waals surface area contributed by atoms with E-state index >= 15 is 0 Å². The van der Waals surface area contributed by atoms with Gasteiger partial charge in [0.25, 0.3) is 0 Å². The number of rotatable bonds is 5. The lowest BCUT2D eigenvalue weighted by Crippen LogP contribution is -2.06. The Hall–Kier alpha value is -3.12. The van der Waals surface area contributed by atoms with E-state index in [0.29, 0.717) is 17.9 Å². The highest BCUT2D eigenvalue weighted by Gasteiger charge is 2.24. The Kier molecular flexibility index (Phi) is 5.80. The highest BCUT2D eigenvalue weighted by molar-refractivity contribution is 6.32. The molecule has 2 aromatic rings. The largest absolute Gasteiger partial charge is 0.490 e. The van der Waals surface area contributed by atoms with Crippen LogP contribution in [0.25, 0.3) is 6.08 Å². The second kappa shape index (κ2) is 8.27. The molecule has 0 aliphatic carbocycles. The van der Waals surface area contributed by atoms with E-state index in [-0.39, 0.29) is 22.4 Å². The molecule has 1 aliphatic heterocycles. The van der Waals surface area contributed by atoms with Crippen LogP contribution in [0.3, 0.4) is 0 Å². The van der Waals surface area contributed by atoms with Gasteiger partial charge >= 0.3 is 11.9 Å². The van der Waals surface area contributed by atoms with Gasteiger partial charge in [0, 0.05) is 12.5 Å². The van der Waals surface area contributed by atoms with Gasteiger partial charge in [-0.25, -0.2) is 9.79 Å². The second-order valence-corrected chi connectivity index (χ2v) is 6.47. The summed E-state index contributed by atoms with van der Waals surface area (Å²) in [6.45, 7) is 5.36. The molecule has 144 valence electrons. The zero-order valence-electron chi connectivity index (χ0n) is 15.6. The highest BCUT2D eigenvalue weighted by atomic mass is 35.5. The number of carbonyl (C=O) groups excluding carboxylic acids is 2. The summed E-state index contributed by atoms with van der Waals surface area (Å²) in [5, 5.41) is 0.183. The number of cyclic esters (lactones) is 1. The Morgan fingerprint density at radius 2 is 2.07 bits per heavy atom. The monoisotopic (exact) mass is 399 g/mol. The van der Waals surface area contributed by atoms with E-state index in [9.17, 15) is 9.59 Å². The van der Waals surface area contributed by atoms with E-state index in [1.807, 2.05) is 31.2 Å². The highest BCUT2D eigenvalue weighted by Crippen LogP contribution is 2.37. The van der Waals surface area contributed by atoms with Crippen molar-refractivity contribution in [1.29, 1.82) is 0 Å². The first kappa shape index (κ1) is 19.6. The number of nitrogens with zero attached hydrogens (tertiary/aromatic N) is 1. The fourth-order valence-corrected chi connectivity index (χ4v) is 2.90. The van der Waals surface area contributed by atoms with Crippen LogP contribution in [0.2, 0.25) is 5.02 Å². The zero-order valence-corrected chi connectivity index (χ0v) is 16.4. The van der Waals surface area contributed by atoms with E-state index in [2.05, 4.69) is 4.99 Å². The minimum Gasteiger partial charge on any atom is -0.490 e. The molecule has 0 atom stereocenters. The van der Waals surface area contributed by atoms with Crippen molar-refractivity contribution in [3.63, 3.8) is 0 Å². The average molecular weight is 400 g/mol. The molecule has 0 fully saturated rings. The Labute approximate surface area is 167 Å². The number of aliphatic imine (C=N–C) groups is 1. The molecule has 0 amide bonds. The average Bonchev–Trinajstić information content (AvgIpc) is 2.99. The van der Waals surface area contributed by atoms with Gasteiger partial charge in [0.05, 0.1) is 11.6 Å². The van der Waals surface area contributed by atoms with E-state index < -0.39 is 11.9 Å². The first-order valence-electron chi connectivity index (χ1n) is 8.61. The molecule has 0 radical (unpaired) electrons. The fourth-order valence-electron chi connectivity index (χ4n) is 2.65. The first-order chi connectivity index (χ1) is 13.4. The predicted molar refractivity (Wildman–Crippen MR) is 106 cm³/mol. The van der Waals surface area contributed by atoms with Gasteiger partial charge in [-0.3, -0.25) is 4.79 Å². The van der Waals surface area contributed by atoms with Crippen molar-refractivity contribution in [3.05, 3.63) is 63.8 Å². The maximum absolute atomic E-state index is 12.2. The van der Waals surface area contributed by atoms with Crippen LogP contribution in [0.5, 0.6) is 11.5 Å². The molecule has 0 N–H and O–H groups in total. The third kappa shape index (κ3) is 4.40. The lowest BCUT2D eigenvalue weighted by atomic mass is 10.1. The van der Waals surface area contributed by atoms with Crippen molar-refractivity contribution in [2.45, 2.75) is 20.8 Å². The summed E-state index contributed by atoms with van der Waals surface area (Å²) in [7, 11) is 0. The molecule has 2 aromatic carbocycles. The second-order valence-electron chi connectivity index (χ2n) is 6.06. The van der Waals surface area contributed by atoms with Crippen LogP contribution < -0.4 is 9.47 Å². The van der Waals surface area contributed by atoms with Gasteiger partial charge in [0.2, 0.25) is 5.90 Å². The van der Waals surface area contributed by atoms with Crippen molar-refractivity contribution in [2.75, 3.05) is 6.61 Å². The summed E-state index contributed by atoms with van der Waals surface area (Å²) < 4.78 is 15.9. The summed E-state index contributed by atoms with van der Waals surface area (Å²) in [6.07, 6.45) is 1.54. The Balaban J connectivity index is 1.98. The van der Waals surface area contributed by atoms with Gasteiger partial charge in [0.1, 0.15) is 0 Å². The van der Waals surface area contributed by atoms with Crippen molar-refractivity contribution >= 4 is 35.5 Å². The summed E-state index contributed by atoms with van der Waals surface area (Å²) in [4.78, 5) is 27.8. The maximum Gasteiger partial charge on any atom is 0.363 e. The van der Waals surface area contributed by atoms with E-state index in [4.69, 9.17) is 25.8 Å². The molecule has 28 heavy (non-hydrogen) atoms. The standard InChI is InChI=1S/C21H18ClNO5/c1-4-26-18-11-14(9-16(22)19(18)27-13(3)24)10-17-21(25)28-20(23-17)15-7-5-6-12(2)8-15/h5-11H,4H2,1-3H3/b17-10-. The van der Waals surface area contributed by atoms with Crippen molar-refractivity contribution in [3.8, 4) is 11.5 Å². The number of esters is 2. The number of hydrogen-bond acceptors (Lipinski definition) is 6. The number of benzene rings is 2. The van der Waals surface area contributed by atoms with Crippen molar-refractivity contribution in [1.82, 2.24) is 0 Å². The normalized spacial score (nSPS) is 14.6. The van der Waals surface area contributed by atoms with Crippen LogP contribution in [0, 0.1) is 6.92 Å². The predicted octanol–water partition coefficient (Wildman–Crippen LogP) is 4.32. The van der Waals surface area contributed by atoms with Gasteiger partial charge in [-0.05, 0) is 49.8 Å². The van der Waals surface area contributed by atoms with E-state index in [1.54, 1.807) is 19.1 Å². The zero-order chi connectivity index (χ0) is 20.3. The van der Waals surface area contributed by atoms with Crippen LogP contribution >= 0.6 is 11.6 Å². The Morgan fingerprint density at radius 3 is 2.75 bits per heavy atom. The molecule has 3 rings (SSSR count). The van der Waals surface area contributed by atoms with Gasteiger partial charge in [-0.2, -0.15) is 0 Å². The third-order valence-electron chi connectivity index (χ3n) is 3.77. The third-order valence-corrected chi connectivity index (χ3v) is 4.05. The van der Waals surface area contributed by atoms with Crippen LogP contribution in [0.4, 0.5) is 0 Å². The summed E-state index contributed by atoms with van der Waals surface area (Å²) in [6, 6.07) is 10.7. The molecule has 6 nitrogen and oxygen atoms in total. The molecule has 0 spiro atoms. The number of halogens is 1. The Bertz CT molecular complexity index is 1010. The topological polar surface area (TPSA) is 74.2 Å². The van der Waals surface area contributed by atoms with Crippen molar-refractivity contribution in [2.24, 2.45) is 4.99 Å². The van der Waals surface area contributed by atoms with Gasteiger partial charge in [-0.1, -0.05) is 29.3 Å².